The molecule has 0 amide bonds. The van der Waals surface area contributed by atoms with E-state index in [-0.39, 0.29) is 5.78 Å². The van der Waals surface area contributed by atoms with E-state index in [2.05, 4.69) is 6.92 Å². The van der Waals surface area contributed by atoms with Crippen LogP contribution < -0.4 is 14.2 Å². The minimum Gasteiger partial charge on any atom is -0.497 e. The van der Waals surface area contributed by atoms with Gasteiger partial charge in [-0.05, 0) is 62.1 Å². The van der Waals surface area contributed by atoms with Crippen LogP contribution in [-0.4, -0.2) is 26.1 Å². The highest BCUT2D eigenvalue weighted by Crippen LogP contribution is 2.35. The number of carbonyl (C=O) groups excluding carboxylic acids is 1. The molecule has 0 aliphatic heterocycles. The summed E-state index contributed by atoms with van der Waals surface area (Å²) in [6.07, 6.45) is 4.37. The Balaban J connectivity index is 1.96. The number of hydrogen-bond acceptors (Lipinski definition) is 4. The smallest absolute Gasteiger partial charge is 0.189 e. The Morgan fingerprint density at radius 3 is 2.67 bits per heavy atom. The van der Waals surface area contributed by atoms with Crippen LogP contribution in [0.15, 0.2) is 42.0 Å². The van der Waals surface area contributed by atoms with Crippen LogP contribution in [0.2, 0.25) is 0 Å². The molecule has 0 bridgehead atoms. The van der Waals surface area contributed by atoms with Crippen molar-refractivity contribution in [1.29, 1.82) is 0 Å². The van der Waals surface area contributed by atoms with Crippen LogP contribution in [0.1, 0.15) is 48.2 Å². The summed E-state index contributed by atoms with van der Waals surface area (Å²) in [7, 11) is 1.64. The number of Topliss-reactive ketones (excluding diaryl/α,β-unsaturated/α-hetero) is 1. The quantitative estimate of drug-likeness (QED) is 0.640. The highest BCUT2D eigenvalue weighted by molar-refractivity contribution is 6.13. The Bertz CT molecular complexity index is 851. The van der Waals surface area contributed by atoms with Gasteiger partial charge in [-0.15, -0.1) is 0 Å². The van der Waals surface area contributed by atoms with E-state index < -0.39 is 0 Å². The summed E-state index contributed by atoms with van der Waals surface area (Å²) in [5.74, 6) is 2.28. The number of hydrogen-bond donors (Lipinski definition) is 0. The molecule has 142 valence electrons. The Hall–Kier alpha value is -2.75. The van der Waals surface area contributed by atoms with Crippen molar-refractivity contribution in [1.82, 2.24) is 0 Å². The van der Waals surface area contributed by atoms with Gasteiger partial charge in [0.25, 0.3) is 0 Å². The molecule has 2 aromatic rings. The number of methoxy groups -OCH3 is 1. The fourth-order valence-electron chi connectivity index (χ4n) is 3.28. The molecule has 0 unspecified atom stereocenters. The number of aryl methyl sites for hydroxylation is 1. The van der Waals surface area contributed by atoms with Crippen molar-refractivity contribution in [2.24, 2.45) is 0 Å². The first kappa shape index (κ1) is 19.0. The third-order valence-corrected chi connectivity index (χ3v) is 4.60. The Labute approximate surface area is 160 Å². The number of fused-ring (bicyclic) bond motifs is 1. The summed E-state index contributed by atoms with van der Waals surface area (Å²) in [5.41, 5.74) is 3.48. The molecule has 0 fully saturated rings. The van der Waals surface area contributed by atoms with E-state index in [0.717, 1.165) is 40.9 Å². The van der Waals surface area contributed by atoms with Gasteiger partial charge in [0.2, 0.25) is 0 Å². The van der Waals surface area contributed by atoms with Crippen LogP contribution in [0.4, 0.5) is 0 Å². The highest BCUT2D eigenvalue weighted by Gasteiger charge is 2.23. The molecule has 0 radical (unpaired) electrons. The second-order valence-electron chi connectivity index (χ2n) is 6.48. The molecule has 4 heteroatoms. The zero-order valence-electron chi connectivity index (χ0n) is 16.2. The van der Waals surface area contributed by atoms with Crippen molar-refractivity contribution in [3.63, 3.8) is 0 Å². The fourth-order valence-corrected chi connectivity index (χ4v) is 3.28. The minimum atomic E-state index is 0.0714. The predicted octanol–water partition coefficient (Wildman–Crippen LogP) is 5.10. The molecule has 0 atom stereocenters. The van der Waals surface area contributed by atoms with Crippen LogP contribution in [-0.2, 0) is 6.42 Å². The molecular formula is C23H26O4. The van der Waals surface area contributed by atoms with E-state index in [1.54, 1.807) is 7.11 Å². The molecule has 3 rings (SSSR count). The molecule has 1 aliphatic rings. The fraction of sp³-hybridized carbons (Fsp3) is 0.348. The molecule has 1 aliphatic carbocycles. The van der Waals surface area contributed by atoms with Gasteiger partial charge >= 0.3 is 0 Å². The lowest BCUT2D eigenvalue weighted by molar-refractivity contribution is 0.102. The highest BCUT2D eigenvalue weighted by atomic mass is 16.5. The van der Waals surface area contributed by atoms with Crippen molar-refractivity contribution in [3.05, 3.63) is 58.7 Å². The zero-order chi connectivity index (χ0) is 19.2. The van der Waals surface area contributed by atoms with E-state index in [1.807, 2.05) is 49.4 Å². The molecule has 0 N–H and O–H groups in total. The largest absolute Gasteiger partial charge is 0.497 e. The number of para-hydroxylation sites is 1. The third kappa shape index (κ3) is 4.16. The molecular weight excluding hydrogens is 340 g/mol. The lowest BCUT2D eigenvalue weighted by Gasteiger charge is -2.19. The first-order chi connectivity index (χ1) is 13.2. The van der Waals surface area contributed by atoms with E-state index in [1.165, 1.54) is 0 Å². The maximum atomic E-state index is 13.0. The summed E-state index contributed by atoms with van der Waals surface area (Å²) in [6.45, 7) is 5.19. The summed E-state index contributed by atoms with van der Waals surface area (Å²) < 4.78 is 16.9. The Kier molecular flexibility index (Phi) is 6.17. The summed E-state index contributed by atoms with van der Waals surface area (Å²) in [4.78, 5) is 13.0. The average molecular weight is 366 g/mol. The number of rotatable bonds is 7. The standard InChI is InChI=1S/C23H26O4/c1-4-13-27-23-18(7-6-8-21(23)26-5-2)14-17-10-9-16-15-19(25-3)11-12-20(16)22(17)24/h6-8,11-12,14-15H,4-5,9-10,13H2,1-3H3/b17-14+. The molecule has 2 aromatic carbocycles. The number of carbonyl (C=O) groups is 1. The van der Waals surface area contributed by atoms with E-state index in [0.29, 0.717) is 31.1 Å². The van der Waals surface area contributed by atoms with Crippen LogP contribution in [0.3, 0.4) is 0 Å². The van der Waals surface area contributed by atoms with Crippen molar-refractivity contribution in [2.75, 3.05) is 20.3 Å². The van der Waals surface area contributed by atoms with Crippen LogP contribution in [0, 0.1) is 0 Å². The van der Waals surface area contributed by atoms with E-state index >= 15 is 0 Å². The minimum absolute atomic E-state index is 0.0714. The van der Waals surface area contributed by atoms with Gasteiger partial charge in [-0.1, -0.05) is 19.1 Å². The summed E-state index contributed by atoms with van der Waals surface area (Å²) in [5, 5.41) is 0. The molecule has 0 heterocycles. The van der Waals surface area contributed by atoms with E-state index in [4.69, 9.17) is 14.2 Å². The van der Waals surface area contributed by atoms with E-state index in [9.17, 15) is 4.79 Å². The van der Waals surface area contributed by atoms with Gasteiger partial charge in [-0.2, -0.15) is 0 Å². The van der Waals surface area contributed by atoms with Crippen molar-refractivity contribution >= 4 is 11.9 Å². The third-order valence-electron chi connectivity index (χ3n) is 4.60. The van der Waals surface area contributed by atoms with Gasteiger partial charge in [0.1, 0.15) is 5.75 Å². The second-order valence-corrected chi connectivity index (χ2v) is 6.48. The molecule has 0 saturated carbocycles. The van der Waals surface area contributed by atoms with Crippen molar-refractivity contribution in [3.8, 4) is 17.2 Å². The van der Waals surface area contributed by atoms with Crippen molar-refractivity contribution < 1.29 is 19.0 Å². The molecule has 27 heavy (non-hydrogen) atoms. The zero-order valence-corrected chi connectivity index (χ0v) is 16.2. The first-order valence-corrected chi connectivity index (χ1v) is 9.48. The van der Waals surface area contributed by atoms with Crippen molar-refractivity contribution in [2.45, 2.75) is 33.1 Å². The molecule has 4 nitrogen and oxygen atoms in total. The number of ether oxygens (including phenoxy) is 3. The second kappa shape index (κ2) is 8.76. The van der Waals surface area contributed by atoms with Crippen LogP contribution in [0.25, 0.3) is 6.08 Å². The molecule has 0 saturated heterocycles. The van der Waals surface area contributed by atoms with Gasteiger partial charge in [-0.25, -0.2) is 0 Å². The van der Waals surface area contributed by atoms with Gasteiger partial charge in [0.15, 0.2) is 17.3 Å². The molecule has 0 spiro atoms. The molecule has 0 aromatic heterocycles. The Morgan fingerprint density at radius 2 is 1.93 bits per heavy atom. The normalized spacial score (nSPS) is 14.8. The SMILES string of the molecule is CCCOc1c(/C=C2\CCc3cc(OC)ccc3C2=O)cccc1OCC. The van der Waals surface area contributed by atoms with Gasteiger partial charge in [0.05, 0.1) is 20.3 Å². The number of benzene rings is 2. The first-order valence-electron chi connectivity index (χ1n) is 9.48. The topological polar surface area (TPSA) is 44.8 Å². The Morgan fingerprint density at radius 1 is 1.07 bits per heavy atom. The maximum Gasteiger partial charge on any atom is 0.189 e. The maximum absolute atomic E-state index is 13.0. The van der Waals surface area contributed by atoms with Gasteiger partial charge in [-0.3, -0.25) is 4.79 Å². The number of ketones is 1. The summed E-state index contributed by atoms with van der Waals surface area (Å²) >= 11 is 0. The number of allylic oxidation sites excluding steroid dienone is 1. The summed E-state index contributed by atoms with van der Waals surface area (Å²) in [6, 6.07) is 11.5. The predicted molar refractivity (Wildman–Crippen MR) is 107 cm³/mol. The van der Waals surface area contributed by atoms with Gasteiger partial charge < -0.3 is 14.2 Å². The van der Waals surface area contributed by atoms with Crippen LogP contribution in [0.5, 0.6) is 17.2 Å². The lowest BCUT2D eigenvalue weighted by Crippen LogP contribution is -2.14. The monoisotopic (exact) mass is 366 g/mol. The van der Waals surface area contributed by atoms with Gasteiger partial charge in [0, 0.05) is 16.7 Å². The average Bonchev–Trinajstić information content (AvgIpc) is 2.69. The lowest BCUT2D eigenvalue weighted by atomic mass is 9.86. The van der Waals surface area contributed by atoms with Crippen LogP contribution >= 0.6 is 0 Å².